The molecular weight excluding hydrogens is 304 g/mol. The fourth-order valence-electron chi connectivity index (χ4n) is 4.07. The van der Waals surface area contributed by atoms with Crippen molar-refractivity contribution in [1.29, 1.82) is 0 Å². The van der Waals surface area contributed by atoms with E-state index in [2.05, 4.69) is 17.0 Å². The predicted octanol–water partition coefficient (Wildman–Crippen LogP) is 2.65. The summed E-state index contributed by atoms with van der Waals surface area (Å²) in [4.78, 5) is 18.9. The van der Waals surface area contributed by atoms with Gasteiger partial charge in [-0.2, -0.15) is 5.10 Å². The molecular formula is C18H30N4O2. The minimum Gasteiger partial charge on any atom is -0.368 e. The average Bonchev–Trinajstić information content (AvgIpc) is 2.91. The molecule has 134 valence electrons. The van der Waals surface area contributed by atoms with Crippen LogP contribution in [0.15, 0.2) is 0 Å². The number of rotatable bonds is 4. The molecule has 0 N–H and O–H groups in total. The molecule has 1 aliphatic carbocycles. The number of carbonyl (C=O) groups excluding carboxylic acids is 1. The SMILES string of the molecule is Cc1nc(C)n([C@@H]2CCCN(C(=O)CO[C@@H]3CCC[C@H](C)C3)C2)n1. The minimum atomic E-state index is 0.118. The number of carbonyl (C=O) groups is 1. The zero-order valence-electron chi connectivity index (χ0n) is 15.2. The van der Waals surface area contributed by atoms with E-state index in [0.29, 0.717) is 6.54 Å². The van der Waals surface area contributed by atoms with Gasteiger partial charge in [0.15, 0.2) is 0 Å². The first-order valence-corrected chi connectivity index (χ1v) is 9.32. The Balaban J connectivity index is 1.52. The Morgan fingerprint density at radius 1 is 1.25 bits per heavy atom. The quantitative estimate of drug-likeness (QED) is 0.849. The molecule has 2 fully saturated rings. The zero-order chi connectivity index (χ0) is 17.1. The summed E-state index contributed by atoms with van der Waals surface area (Å²) in [5.74, 6) is 2.56. The van der Waals surface area contributed by atoms with Crippen LogP contribution in [0.5, 0.6) is 0 Å². The highest BCUT2D eigenvalue weighted by molar-refractivity contribution is 5.77. The molecule has 24 heavy (non-hydrogen) atoms. The van der Waals surface area contributed by atoms with Crippen LogP contribution in [0.3, 0.4) is 0 Å². The number of piperidine rings is 1. The van der Waals surface area contributed by atoms with E-state index in [9.17, 15) is 4.79 Å². The summed E-state index contributed by atoms with van der Waals surface area (Å²) in [5.41, 5.74) is 0. The summed E-state index contributed by atoms with van der Waals surface area (Å²) >= 11 is 0. The van der Waals surface area contributed by atoms with Gasteiger partial charge in [-0.25, -0.2) is 9.67 Å². The Labute approximate surface area is 144 Å². The summed E-state index contributed by atoms with van der Waals surface area (Å²) in [6.07, 6.45) is 7.02. The molecule has 0 spiro atoms. The van der Waals surface area contributed by atoms with Gasteiger partial charge in [0.1, 0.15) is 18.3 Å². The molecule has 0 unspecified atom stereocenters. The van der Waals surface area contributed by atoms with Crippen molar-refractivity contribution in [1.82, 2.24) is 19.7 Å². The second-order valence-electron chi connectivity index (χ2n) is 7.49. The van der Waals surface area contributed by atoms with Crippen molar-refractivity contribution >= 4 is 5.91 Å². The molecule has 0 bridgehead atoms. The van der Waals surface area contributed by atoms with Crippen LogP contribution in [0.1, 0.15) is 63.1 Å². The second kappa shape index (κ2) is 7.64. The van der Waals surface area contributed by atoms with E-state index in [-0.39, 0.29) is 24.7 Å². The van der Waals surface area contributed by atoms with Crippen molar-refractivity contribution in [2.75, 3.05) is 19.7 Å². The number of nitrogens with zero attached hydrogens (tertiary/aromatic N) is 4. The molecule has 3 atom stereocenters. The Bertz CT molecular complexity index is 571. The highest BCUT2D eigenvalue weighted by Crippen LogP contribution is 2.26. The van der Waals surface area contributed by atoms with Crippen LogP contribution in [0, 0.1) is 19.8 Å². The monoisotopic (exact) mass is 334 g/mol. The first-order chi connectivity index (χ1) is 11.5. The van der Waals surface area contributed by atoms with E-state index in [0.717, 1.165) is 49.8 Å². The molecule has 0 radical (unpaired) electrons. The molecule has 0 aromatic carbocycles. The highest BCUT2D eigenvalue weighted by Gasteiger charge is 2.27. The van der Waals surface area contributed by atoms with Crippen molar-refractivity contribution in [3.8, 4) is 0 Å². The number of aryl methyl sites for hydroxylation is 2. The first kappa shape index (κ1) is 17.4. The predicted molar refractivity (Wildman–Crippen MR) is 91.7 cm³/mol. The first-order valence-electron chi connectivity index (χ1n) is 9.32. The van der Waals surface area contributed by atoms with Gasteiger partial charge in [0, 0.05) is 13.1 Å². The molecule has 2 aliphatic rings. The van der Waals surface area contributed by atoms with Gasteiger partial charge in [-0.3, -0.25) is 4.79 Å². The molecule has 2 heterocycles. The van der Waals surface area contributed by atoms with E-state index in [1.165, 1.54) is 12.8 Å². The lowest BCUT2D eigenvalue weighted by atomic mass is 9.89. The van der Waals surface area contributed by atoms with Crippen LogP contribution in [0.4, 0.5) is 0 Å². The van der Waals surface area contributed by atoms with Crippen molar-refractivity contribution in [2.24, 2.45) is 5.92 Å². The fourth-order valence-corrected chi connectivity index (χ4v) is 4.07. The smallest absolute Gasteiger partial charge is 0.248 e. The Hall–Kier alpha value is -1.43. The molecule has 6 nitrogen and oxygen atoms in total. The summed E-state index contributed by atoms with van der Waals surface area (Å²) in [6.45, 7) is 7.93. The minimum absolute atomic E-state index is 0.118. The third-order valence-corrected chi connectivity index (χ3v) is 5.33. The topological polar surface area (TPSA) is 60.2 Å². The average molecular weight is 334 g/mol. The van der Waals surface area contributed by atoms with Gasteiger partial charge < -0.3 is 9.64 Å². The molecule has 1 amide bonds. The van der Waals surface area contributed by atoms with Gasteiger partial charge in [-0.15, -0.1) is 0 Å². The maximum atomic E-state index is 12.5. The number of hydrogen-bond donors (Lipinski definition) is 0. The van der Waals surface area contributed by atoms with Gasteiger partial charge in [-0.1, -0.05) is 19.8 Å². The van der Waals surface area contributed by atoms with Crippen molar-refractivity contribution in [3.63, 3.8) is 0 Å². The van der Waals surface area contributed by atoms with Crippen LogP contribution < -0.4 is 0 Å². The van der Waals surface area contributed by atoms with Gasteiger partial charge in [0.2, 0.25) is 5.91 Å². The van der Waals surface area contributed by atoms with Gasteiger partial charge in [0.05, 0.1) is 12.1 Å². The van der Waals surface area contributed by atoms with Crippen LogP contribution >= 0.6 is 0 Å². The van der Waals surface area contributed by atoms with E-state index in [1.807, 2.05) is 23.4 Å². The van der Waals surface area contributed by atoms with E-state index in [1.54, 1.807) is 0 Å². The summed E-state index contributed by atoms with van der Waals surface area (Å²) < 4.78 is 7.90. The van der Waals surface area contributed by atoms with E-state index >= 15 is 0 Å². The van der Waals surface area contributed by atoms with Crippen molar-refractivity contribution in [3.05, 3.63) is 11.6 Å². The Kier molecular flexibility index (Phi) is 5.54. The van der Waals surface area contributed by atoms with Crippen molar-refractivity contribution < 1.29 is 9.53 Å². The molecule has 1 aromatic heterocycles. The van der Waals surface area contributed by atoms with Crippen LogP contribution in [0.25, 0.3) is 0 Å². The van der Waals surface area contributed by atoms with Gasteiger partial charge >= 0.3 is 0 Å². The van der Waals surface area contributed by atoms with Crippen LogP contribution in [-0.4, -0.2) is 51.4 Å². The van der Waals surface area contributed by atoms with Crippen molar-refractivity contribution in [2.45, 2.75) is 71.4 Å². The number of hydrogen-bond acceptors (Lipinski definition) is 4. The van der Waals surface area contributed by atoms with Crippen LogP contribution in [-0.2, 0) is 9.53 Å². The molecule has 1 aromatic rings. The van der Waals surface area contributed by atoms with E-state index in [4.69, 9.17) is 4.74 Å². The zero-order valence-corrected chi connectivity index (χ0v) is 15.2. The number of aromatic nitrogens is 3. The van der Waals surface area contributed by atoms with Crippen LogP contribution in [0.2, 0.25) is 0 Å². The summed E-state index contributed by atoms with van der Waals surface area (Å²) in [7, 11) is 0. The maximum Gasteiger partial charge on any atom is 0.248 e. The third kappa shape index (κ3) is 4.15. The number of likely N-dealkylation sites (tertiary alicyclic amines) is 1. The summed E-state index contributed by atoms with van der Waals surface area (Å²) in [5, 5.41) is 4.49. The molecule has 1 saturated carbocycles. The Morgan fingerprint density at radius 2 is 2.08 bits per heavy atom. The second-order valence-corrected chi connectivity index (χ2v) is 7.49. The molecule has 1 aliphatic heterocycles. The Morgan fingerprint density at radius 3 is 2.79 bits per heavy atom. The molecule has 1 saturated heterocycles. The lowest BCUT2D eigenvalue weighted by Gasteiger charge is -2.34. The normalized spacial score (nSPS) is 28.1. The maximum absolute atomic E-state index is 12.5. The highest BCUT2D eigenvalue weighted by atomic mass is 16.5. The lowest BCUT2D eigenvalue weighted by Crippen LogP contribution is -2.43. The third-order valence-electron chi connectivity index (χ3n) is 5.33. The molecule has 6 heteroatoms. The standard InChI is InChI=1S/C18H30N4O2/c1-13-6-4-8-17(10-13)24-12-18(23)21-9-5-7-16(11-21)22-15(3)19-14(2)20-22/h13,16-17H,4-12H2,1-3H3/t13-,16+,17+/m0/s1. The summed E-state index contributed by atoms with van der Waals surface area (Å²) in [6, 6.07) is 0.235. The largest absolute Gasteiger partial charge is 0.368 e. The van der Waals surface area contributed by atoms with Gasteiger partial charge in [0.25, 0.3) is 0 Å². The van der Waals surface area contributed by atoms with E-state index < -0.39 is 0 Å². The molecule has 3 rings (SSSR count). The number of ether oxygens (including phenoxy) is 1. The fraction of sp³-hybridized carbons (Fsp3) is 0.833. The van der Waals surface area contributed by atoms with Gasteiger partial charge in [-0.05, 0) is 45.4 Å². The lowest BCUT2D eigenvalue weighted by molar-refractivity contribution is -0.140. The number of amides is 1.